The fourth-order valence-corrected chi connectivity index (χ4v) is 2.01. The van der Waals surface area contributed by atoms with Crippen LogP contribution in [0, 0.1) is 5.92 Å². The Morgan fingerprint density at radius 2 is 2.05 bits per heavy atom. The molecule has 20 heavy (non-hydrogen) atoms. The normalized spacial score (nSPS) is 15.3. The molecule has 0 saturated carbocycles. The molecule has 0 spiro atoms. The van der Waals surface area contributed by atoms with Gasteiger partial charge < -0.3 is 9.84 Å². The Morgan fingerprint density at radius 3 is 2.55 bits per heavy atom. The van der Waals surface area contributed by atoms with Gasteiger partial charge in [0.1, 0.15) is 12.4 Å². The Hall–Kier alpha value is -0.940. The summed E-state index contributed by atoms with van der Waals surface area (Å²) in [6.45, 7) is 4.18. The second kappa shape index (κ2) is 8.37. The summed E-state index contributed by atoms with van der Waals surface area (Å²) >= 11 is 0. The van der Waals surface area contributed by atoms with E-state index in [1.807, 2.05) is 0 Å². The maximum absolute atomic E-state index is 10.8. The van der Waals surface area contributed by atoms with Crippen molar-refractivity contribution in [3.63, 3.8) is 0 Å². The van der Waals surface area contributed by atoms with Crippen LogP contribution in [0.4, 0.5) is 0 Å². The maximum Gasteiger partial charge on any atom is 0.168 e. The van der Waals surface area contributed by atoms with Crippen LogP contribution in [0.1, 0.15) is 42.6 Å². The van der Waals surface area contributed by atoms with E-state index in [1.165, 1.54) is 7.11 Å². The van der Waals surface area contributed by atoms with Crippen LogP contribution in [-0.2, 0) is 10.5 Å². The first-order valence-corrected chi connectivity index (χ1v) is 6.51. The van der Waals surface area contributed by atoms with Gasteiger partial charge >= 0.3 is 0 Å². The minimum absolute atomic E-state index is 0. The monoisotopic (exact) mass is 301 g/mol. The molecule has 1 aromatic carbocycles. The minimum Gasteiger partial charge on any atom is -0.388 e. The first-order chi connectivity index (χ1) is 8.93. The Balaban J connectivity index is 0.00000361. The molecule has 0 unspecified atom stereocenters. The summed E-state index contributed by atoms with van der Waals surface area (Å²) in [6, 6.07) is 6.83. The number of halogens is 1. The van der Waals surface area contributed by atoms with Crippen molar-refractivity contribution >= 4 is 18.7 Å². The maximum atomic E-state index is 10.8. The lowest BCUT2D eigenvalue weighted by molar-refractivity contribution is -0.109. The number of nitrogens with two attached hydrogens (primary N) is 1. The summed E-state index contributed by atoms with van der Waals surface area (Å²) in [5.41, 5.74) is 6.02. The standard InChI is InChI=1S/C15H23NO3.ClH/c1-11(2)7-8-14(18)15(16,19-3)13-6-4-5-12(9-13)10-17;/h4-6,9-11,14,18H,7-8,16H2,1-3H3;1H/t14-,15-;/m1./s1. The van der Waals surface area contributed by atoms with Crippen molar-refractivity contribution in [3.8, 4) is 0 Å². The molecular formula is C15H24ClNO3. The van der Waals surface area contributed by atoms with E-state index in [0.29, 0.717) is 23.5 Å². The summed E-state index contributed by atoms with van der Waals surface area (Å²) in [4.78, 5) is 10.8. The van der Waals surface area contributed by atoms with Gasteiger partial charge in [-0.1, -0.05) is 32.0 Å². The van der Waals surface area contributed by atoms with E-state index in [0.717, 1.165) is 12.7 Å². The zero-order valence-corrected chi connectivity index (χ0v) is 13.0. The number of hydrogen-bond donors (Lipinski definition) is 2. The molecule has 0 bridgehead atoms. The van der Waals surface area contributed by atoms with Crippen molar-refractivity contribution in [2.45, 2.75) is 38.5 Å². The first kappa shape index (κ1) is 19.1. The summed E-state index contributed by atoms with van der Waals surface area (Å²) in [7, 11) is 1.46. The molecule has 5 heteroatoms. The molecule has 0 fully saturated rings. The molecule has 114 valence electrons. The van der Waals surface area contributed by atoms with Crippen LogP contribution in [0.15, 0.2) is 24.3 Å². The van der Waals surface area contributed by atoms with Gasteiger partial charge in [-0.25, -0.2) is 0 Å². The molecule has 0 amide bonds. The smallest absolute Gasteiger partial charge is 0.168 e. The fraction of sp³-hybridized carbons (Fsp3) is 0.533. The van der Waals surface area contributed by atoms with E-state index in [4.69, 9.17) is 10.5 Å². The van der Waals surface area contributed by atoms with Crippen LogP contribution >= 0.6 is 12.4 Å². The molecule has 0 heterocycles. The highest BCUT2D eigenvalue weighted by atomic mass is 35.5. The summed E-state index contributed by atoms with van der Waals surface area (Å²) in [5, 5.41) is 10.3. The number of carbonyl (C=O) groups excluding carboxylic acids is 1. The van der Waals surface area contributed by atoms with Crippen LogP contribution in [0.25, 0.3) is 0 Å². The van der Waals surface area contributed by atoms with Crippen molar-refractivity contribution in [2.24, 2.45) is 11.7 Å². The SMILES string of the molecule is CO[C@](N)(c1cccc(C=O)c1)[C@H](O)CCC(C)C.Cl. The van der Waals surface area contributed by atoms with Gasteiger partial charge in [-0.05, 0) is 24.8 Å². The lowest BCUT2D eigenvalue weighted by Gasteiger charge is -2.34. The zero-order chi connectivity index (χ0) is 14.5. The van der Waals surface area contributed by atoms with Crippen LogP contribution in [0.5, 0.6) is 0 Å². The van der Waals surface area contributed by atoms with Gasteiger partial charge in [0.15, 0.2) is 5.72 Å². The molecule has 0 radical (unpaired) electrons. The van der Waals surface area contributed by atoms with Gasteiger partial charge in [0.25, 0.3) is 0 Å². The van der Waals surface area contributed by atoms with Crippen LogP contribution in [-0.4, -0.2) is 24.6 Å². The van der Waals surface area contributed by atoms with Gasteiger partial charge in [-0.3, -0.25) is 10.5 Å². The van der Waals surface area contributed by atoms with Gasteiger partial charge in [-0.15, -0.1) is 12.4 Å². The molecule has 4 nitrogen and oxygen atoms in total. The van der Waals surface area contributed by atoms with E-state index < -0.39 is 11.8 Å². The van der Waals surface area contributed by atoms with Gasteiger partial charge in [-0.2, -0.15) is 0 Å². The molecule has 1 aromatic rings. The minimum atomic E-state index is -1.28. The zero-order valence-electron chi connectivity index (χ0n) is 12.2. The number of aliphatic hydroxyl groups is 1. The largest absolute Gasteiger partial charge is 0.388 e. The Kier molecular flexibility index (Phi) is 7.98. The predicted octanol–water partition coefficient (Wildman–Crippen LogP) is 2.48. The summed E-state index contributed by atoms with van der Waals surface area (Å²) in [5.74, 6) is 0.483. The van der Waals surface area contributed by atoms with E-state index in [9.17, 15) is 9.90 Å². The molecule has 0 aliphatic heterocycles. The molecule has 0 aromatic heterocycles. The summed E-state index contributed by atoms with van der Waals surface area (Å²) < 4.78 is 5.33. The third kappa shape index (κ3) is 4.56. The number of benzene rings is 1. The van der Waals surface area contributed by atoms with Gasteiger partial charge in [0.2, 0.25) is 0 Å². The molecular weight excluding hydrogens is 278 g/mol. The molecule has 0 aliphatic rings. The predicted molar refractivity (Wildman–Crippen MR) is 82.0 cm³/mol. The number of aldehydes is 1. The summed E-state index contributed by atoms with van der Waals surface area (Å²) in [6.07, 6.45) is 1.34. The quantitative estimate of drug-likeness (QED) is 0.599. The lowest BCUT2D eigenvalue weighted by Crippen LogP contribution is -2.49. The molecule has 0 saturated heterocycles. The third-order valence-corrected chi connectivity index (χ3v) is 3.32. The second-order valence-corrected chi connectivity index (χ2v) is 5.23. The number of hydrogen-bond acceptors (Lipinski definition) is 4. The third-order valence-electron chi connectivity index (χ3n) is 3.32. The van der Waals surface area contributed by atoms with Crippen molar-refractivity contribution in [1.82, 2.24) is 0 Å². The van der Waals surface area contributed by atoms with Gasteiger partial charge in [0.05, 0.1) is 0 Å². The van der Waals surface area contributed by atoms with Crippen molar-refractivity contribution in [1.29, 1.82) is 0 Å². The number of rotatable bonds is 7. The number of ether oxygens (including phenoxy) is 1. The Bertz CT molecular complexity index is 425. The highest BCUT2D eigenvalue weighted by Gasteiger charge is 2.35. The molecule has 2 atom stereocenters. The van der Waals surface area contributed by atoms with Crippen molar-refractivity contribution in [2.75, 3.05) is 7.11 Å². The van der Waals surface area contributed by atoms with E-state index in [-0.39, 0.29) is 12.4 Å². The van der Waals surface area contributed by atoms with Gasteiger partial charge in [0, 0.05) is 18.2 Å². The lowest BCUT2D eigenvalue weighted by atomic mass is 9.91. The van der Waals surface area contributed by atoms with Crippen molar-refractivity contribution < 1.29 is 14.6 Å². The average Bonchev–Trinajstić information content (AvgIpc) is 2.43. The fourth-order valence-electron chi connectivity index (χ4n) is 2.01. The topological polar surface area (TPSA) is 72.5 Å². The van der Waals surface area contributed by atoms with E-state index >= 15 is 0 Å². The number of methoxy groups -OCH3 is 1. The molecule has 3 N–H and O–H groups in total. The van der Waals surface area contributed by atoms with Crippen LogP contribution in [0.3, 0.4) is 0 Å². The Morgan fingerprint density at radius 1 is 1.40 bits per heavy atom. The highest BCUT2D eigenvalue weighted by Crippen LogP contribution is 2.27. The molecule has 0 aliphatic carbocycles. The van der Waals surface area contributed by atoms with Crippen LogP contribution < -0.4 is 5.73 Å². The number of carbonyl (C=O) groups is 1. The first-order valence-electron chi connectivity index (χ1n) is 6.51. The molecule has 1 rings (SSSR count). The second-order valence-electron chi connectivity index (χ2n) is 5.23. The Labute approximate surface area is 126 Å². The highest BCUT2D eigenvalue weighted by molar-refractivity contribution is 5.85. The van der Waals surface area contributed by atoms with Crippen molar-refractivity contribution in [3.05, 3.63) is 35.4 Å². The average molecular weight is 302 g/mol. The van der Waals surface area contributed by atoms with E-state index in [2.05, 4.69) is 13.8 Å². The number of aliphatic hydroxyl groups excluding tert-OH is 1. The van der Waals surface area contributed by atoms with Crippen LogP contribution in [0.2, 0.25) is 0 Å². The van der Waals surface area contributed by atoms with E-state index in [1.54, 1.807) is 24.3 Å².